The lowest BCUT2D eigenvalue weighted by Crippen LogP contribution is -2.48. The fourth-order valence-corrected chi connectivity index (χ4v) is 4.88. The summed E-state index contributed by atoms with van der Waals surface area (Å²) in [7, 11) is 0. The molecule has 5 heteroatoms. The summed E-state index contributed by atoms with van der Waals surface area (Å²) in [5.41, 5.74) is 3.15. The van der Waals surface area contributed by atoms with Gasteiger partial charge in [-0.15, -0.1) is 0 Å². The Labute approximate surface area is 191 Å². The minimum absolute atomic E-state index is 0.0336. The predicted octanol–water partition coefficient (Wildman–Crippen LogP) is 4.88. The van der Waals surface area contributed by atoms with E-state index in [4.69, 9.17) is 0 Å². The Bertz CT molecular complexity index is 868. The molecule has 2 aromatic carbocycles. The van der Waals surface area contributed by atoms with E-state index in [0.29, 0.717) is 18.7 Å². The van der Waals surface area contributed by atoms with Gasteiger partial charge in [-0.25, -0.2) is 0 Å². The molecule has 1 heterocycles. The number of benzene rings is 2. The predicted molar refractivity (Wildman–Crippen MR) is 130 cm³/mol. The smallest absolute Gasteiger partial charge is 0.224 e. The lowest BCUT2D eigenvalue weighted by molar-refractivity contribution is -0.131. The molecule has 32 heavy (non-hydrogen) atoms. The average Bonchev–Trinajstić information content (AvgIpc) is 3.36. The summed E-state index contributed by atoms with van der Waals surface area (Å²) in [5.74, 6) is 1.13. The average molecular weight is 434 g/mol. The maximum Gasteiger partial charge on any atom is 0.224 e. The molecule has 2 amide bonds. The van der Waals surface area contributed by atoms with Crippen molar-refractivity contribution >= 4 is 23.2 Å². The van der Waals surface area contributed by atoms with Crippen LogP contribution in [0.1, 0.15) is 50.5 Å². The van der Waals surface area contributed by atoms with E-state index in [1.165, 1.54) is 31.2 Å². The second-order valence-electron chi connectivity index (χ2n) is 9.14. The number of anilines is 2. The number of piperazine rings is 1. The van der Waals surface area contributed by atoms with E-state index < -0.39 is 0 Å². The van der Waals surface area contributed by atoms with E-state index in [0.717, 1.165) is 56.3 Å². The number of amides is 2. The van der Waals surface area contributed by atoms with Crippen molar-refractivity contribution in [2.45, 2.75) is 51.4 Å². The molecule has 170 valence electrons. The fraction of sp³-hybridized carbons (Fsp3) is 0.481. The SMILES string of the molecule is O=C(CCc1ccccc1)Nc1ccc(N2CCN(C(=O)CCC3CCCC3)CC2)cc1. The molecule has 1 saturated heterocycles. The molecule has 2 fully saturated rings. The zero-order chi connectivity index (χ0) is 22.2. The van der Waals surface area contributed by atoms with Crippen LogP contribution < -0.4 is 10.2 Å². The highest BCUT2D eigenvalue weighted by molar-refractivity contribution is 5.91. The van der Waals surface area contributed by atoms with Crippen LogP contribution in [-0.2, 0) is 16.0 Å². The molecule has 1 saturated carbocycles. The highest BCUT2D eigenvalue weighted by atomic mass is 16.2. The van der Waals surface area contributed by atoms with Gasteiger partial charge < -0.3 is 15.1 Å². The summed E-state index contributed by atoms with van der Waals surface area (Å²) in [6, 6.07) is 18.1. The lowest BCUT2D eigenvalue weighted by atomic mass is 10.0. The molecule has 2 aromatic rings. The number of hydrogen-bond acceptors (Lipinski definition) is 3. The Kier molecular flexibility index (Phi) is 7.81. The quantitative estimate of drug-likeness (QED) is 0.646. The first-order valence-corrected chi connectivity index (χ1v) is 12.1. The Morgan fingerprint density at radius 2 is 1.53 bits per heavy atom. The topological polar surface area (TPSA) is 52.7 Å². The second-order valence-corrected chi connectivity index (χ2v) is 9.14. The maximum absolute atomic E-state index is 12.6. The van der Waals surface area contributed by atoms with E-state index in [1.54, 1.807) is 0 Å². The molecule has 0 spiro atoms. The van der Waals surface area contributed by atoms with Gasteiger partial charge in [-0.05, 0) is 48.6 Å². The summed E-state index contributed by atoms with van der Waals surface area (Å²) in [5, 5.41) is 2.99. The number of rotatable bonds is 8. The van der Waals surface area contributed by atoms with Gasteiger partial charge >= 0.3 is 0 Å². The number of nitrogens with one attached hydrogen (secondary N) is 1. The molecule has 4 rings (SSSR count). The third-order valence-electron chi connectivity index (χ3n) is 6.87. The van der Waals surface area contributed by atoms with Gasteiger partial charge in [-0.3, -0.25) is 9.59 Å². The van der Waals surface area contributed by atoms with Crippen LogP contribution in [0.2, 0.25) is 0 Å². The van der Waals surface area contributed by atoms with Crippen molar-refractivity contribution in [3.8, 4) is 0 Å². The van der Waals surface area contributed by atoms with Gasteiger partial charge in [0.05, 0.1) is 0 Å². The minimum Gasteiger partial charge on any atom is -0.368 e. The molecule has 0 aromatic heterocycles. The van der Waals surface area contributed by atoms with Crippen molar-refractivity contribution in [1.29, 1.82) is 0 Å². The molecule has 0 radical (unpaired) electrons. The third kappa shape index (κ3) is 6.35. The fourth-order valence-electron chi connectivity index (χ4n) is 4.88. The van der Waals surface area contributed by atoms with Crippen LogP contribution in [0.5, 0.6) is 0 Å². The van der Waals surface area contributed by atoms with E-state index >= 15 is 0 Å². The van der Waals surface area contributed by atoms with E-state index in [-0.39, 0.29) is 5.91 Å². The van der Waals surface area contributed by atoms with Gasteiger partial charge in [0.25, 0.3) is 0 Å². The molecule has 1 N–H and O–H groups in total. The Morgan fingerprint density at radius 3 is 2.22 bits per heavy atom. The molecule has 0 bridgehead atoms. The number of carbonyl (C=O) groups excluding carboxylic acids is 2. The Hall–Kier alpha value is -2.82. The van der Waals surface area contributed by atoms with Crippen molar-refractivity contribution in [2.75, 3.05) is 36.4 Å². The minimum atomic E-state index is 0.0336. The molecular formula is C27H35N3O2. The van der Waals surface area contributed by atoms with Crippen LogP contribution in [0.15, 0.2) is 54.6 Å². The van der Waals surface area contributed by atoms with Crippen molar-refractivity contribution in [3.05, 3.63) is 60.2 Å². The van der Waals surface area contributed by atoms with Crippen LogP contribution in [0.25, 0.3) is 0 Å². The standard InChI is InChI=1S/C27H35N3O2/c31-26(16-10-22-6-2-1-3-7-22)28-24-12-14-25(15-13-24)29-18-20-30(21-19-29)27(32)17-11-23-8-4-5-9-23/h1-3,6-7,12-15,23H,4-5,8-11,16-21H2,(H,28,31). The van der Waals surface area contributed by atoms with Gasteiger partial charge in [-0.1, -0.05) is 56.0 Å². The molecule has 0 unspecified atom stereocenters. The first-order chi connectivity index (χ1) is 15.7. The van der Waals surface area contributed by atoms with Gasteiger partial charge in [0.2, 0.25) is 11.8 Å². The maximum atomic E-state index is 12.6. The van der Waals surface area contributed by atoms with Gasteiger partial charge in [0.15, 0.2) is 0 Å². The van der Waals surface area contributed by atoms with Crippen LogP contribution in [0.4, 0.5) is 11.4 Å². The highest BCUT2D eigenvalue weighted by Gasteiger charge is 2.23. The zero-order valence-corrected chi connectivity index (χ0v) is 19.0. The number of hydrogen-bond donors (Lipinski definition) is 1. The number of nitrogens with zero attached hydrogens (tertiary/aromatic N) is 2. The van der Waals surface area contributed by atoms with Crippen molar-refractivity contribution in [3.63, 3.8) is 0 Å². The van der Waals surface area contributed by atoms with E-state index in [1.807, 2.05) is 47.4 Å². The number of aryl methyl sites for hydroxylation is 1. The Balaban J connectivity index is 1.19. The first-order valence-electron chi connectivity index (χ1n) is 12.1. The summed E-state index contributed by atoms with van der Waals surface area (Å²) < 4.78 is 0. The number of carbonyl (C=O) groups is 2. The largest absolute Gasteiger partial charge is 0.368 e. The van der Waals surface area contributed by atoms with Crippen molar-refractivity contribution in [1.82, 2.24) is 4.90 Å². The monoisotopic (exact) mass is 433 g/mol. The van der Waals surface area contributed by atoms with Crippen LogP contribution >= 0.6 is 0 Å². The first kappa shape index (κ1) is 22.4. The summed E-state index contributed by atoms with van der Waals surface area (Å²) >= 11 is 0. The van der Waals surface area contributed by atoms with Gasteiger partial charge in [-0.2, -0.15) is 0 Å². The second kappa shape index (κ2) is 11.2. The van der Waals surface area contributed by atoms with Gasteiger partial charge in [0, 0.05) is 50.4 Å². The van der Waals surface area contributed by atoms with Crippen LogP contribution in [0.3, 0.4) is 0 Å². The molecule has 1 aliphatic heterocycles. The highest BCUT2D eigenvalue weighted by Crippen LogP contribution is 2.29. The lowest BCUT2D eigenvalue weighted by Gasteiger charge is -2.36. The summed E-state index contributed by atoms with van der Waals surface area (Å²) in [4.78, 5) is 29.2. The van der Waals surface area contributed by atoms with Crippen LogP contribution in [0, 0.1) is 5.92 Å². The zero-order valence-electron chi connectivity index (χ0n) is 19.0. The van der Waals surface area contributed by atoms with E-state index in [9.17, 15) is 9.59 Å². The van der Waals surface area contributed by atoms with Crippen LogP contribution in [-0.4, -0.2) is 42.9 Å². The van der Waals surface area contributed by atoms with Crippen molar-refractivity contribution in [2.24, 2.45) is 5.92 Å². The molecule has 5 nitrogen and oxygen atoms in total. The molecule has 0 atom stereocenters. The molecule has 1 aliphatic carbocycles. The molecular weight excluding hydrogens is 398 g/mol. The van der Waals surface area contributed by atoms with E-state index in [2.05, 4.69) is 22.3 Å². The summed E-state index contributed by atoms with van der Waals surface area (Å²) in [6.45, 7) is 3.30. The normalized spacial score (nSPS) is 16.9. The summed E-state index contributed by atoms with van der Waals surface area (Å²) in [6.07, 6.45) is 8.30. The van der Waals surface area contributed by atoms with Crippen molar-refractivity contribution < 1.29 is 9.59 Å². The van der Waals surface area contributed by atoms with Gasteiger partial charge in [0.1, 0.15) is 0 Å². The molecule has 2 aliphatic rings. The Morgan fingerprint density at radius 1 is 0.844 bits per heavy atom. The third-order valence-corrected chi connectivity index (χ3v) is 6.87.